The van der Waals surface area contributed by atoms with Gasteiger partial charge in [0, 0.05) is 36.5 Å². The lowest BCUT2D eigenvalue weighted by Crippen LogP contribution is -2.07. The van der Waals surface area contributed by atoms with Crippen molar-refractivity contribution in [2.75, 3.05) is 0 Å². The fourth-order valence-electron chi connectivity index (χ4n) is 4.28. The second-order valence-corrected chi connectivity index (χ2v) is 12.0. The van der Waals surface area contributed by atoms with Crippen LogP contribution in [0.3, 0.4) is 0 Å². The Morgan fingerprint density at radius 1 is 0.903 bits per heavy atom. The lowest BCUT2D eigenvalue weighted by Gasteiger charge is -2.16. The van der Waals surface area contributed by atoms with E-state index in [0.717, 1.165) is 12.1 Å². The molecule has 5 aromatic rings. The van der Waals surface area contributed by atoms with Crippen LogP contribution in [0.2, 0.25) is 0 Å². The molecule has 0 N–H and O–H groups in total. The Balaban J connectivity index is 1.66. The molecule has 0 unspecified atom stereocenters. The van der Waals surface area contributed by atoms with Crippen molar-refractivity contribution in [1.82, 2.24) is 4.98 Å². The van der Waals surface area contributed by atoms with Gasteiger partial charge in [-0.3, -0.25) is 4.98 Å². The van der Waals surface area contributed by atoms with Gasteiger partial charge in [-0.1, -0.05) is 45.0 Å². The summed E-state index contributed by atoms with van der Waals surface area (Å²) in [5.41, 5.74) is 5.22. The number of hydrogen-bond acceptors (Lipinski definition) is 3. The smallest absolute Gasteiger partial charge is 0.0715 e. The van der Waals surface area contributed by atoms with E-state index in [0.29, 0.717) is 5.41 Å². The van der Waals surface area contributed by atoms with Crippen LogP contribution in [0.25, 0.3) is 42.6 Å². The van der Waals surface area contributed by atoms with Gasteiger partial charge in [0.15, 0.2) is 0 Å². The van der Waals surface area contributed by atoms with E-state index in [4.69, 9.17) is 4.98 Å². The molecule has 0 fully saturated rings. The van der Waals surface area contributed by atoms with Crippen LogP contribution < -0.4 is 0 Å². The lowest BCUT2D eigenvalue weighted by molar-refractivity contribution is 0.414. The Bertz CT molecular complexity index is 1410. The normalized spacial score (nSPS) is 12.2. The summed E-state index contributed by atoms with van der Waals surface area (Å²) >= 11 is 3.80. The summed E-state index contributed by atoms with van der Waals surface area (Å²) in [5.74, 6) is 0. The summed E-state index contributed by atoms with van der Waals surface area (Å²) in [6, 6.07) is 20.0. The zero-order valence-electron chi connectivity index (χ0n) is 18.7. The van der Waals surface area contributed by atoms with E-state index in [2.05, 4.69) is 89.2 Å². The Morgan fingerprint density at radius 2 is 1.71 bits per heavy atom. The highest BCUT2D eigenvalue weighted by Gasteiger charge is 2.17. The summed E-state index contributed by atoms with van der Waals surface area (Å²) in [6.07, 6.45) is 3.07. The van der Waals surface area contributed by atoms with Crippen LogP contribution in [-0.4, -0.2) is 4.98 Å². The number of aromatic nitrogens is 1. The van der Waals surface area contributed by atoms with Gasteiger partial charge in [0.25, 0.3) is 0 Å². The molecule has 0 amide bonds. The first-order valence-corrected chi connectivity index (χ1v) is 12.4. The SMILES string of the molecule is Cc1sc2c(c(-c3cc(-c4ccc(CC(C)(C)C)s4)ccn3)cc3ccccc32)c1C. The Hall–Kier alpha value is -2.49. The van der Waals surface area contributed by atoms with E-state index in [9.17, 15) is 0 Å². The van der Waals surface area contributed by atoms with Crippen molar-refractivity contribution in [3.8, 4) is 21.7 Å². The van der Waals surface area contributed by atoms with Crippen molar-refractivity contribution < 1.29 is 0 Å². The van der Waals surface area contributed by atoms with Gasteiger partial charge in [0.05, 0.1) is 5.69 Å². The maximum Gasteiger partial charge on any atom is 0.0715 e. The number of aryl methyl sites for hydroxylation is 2. The standard InChI is InChI=1S/C28H27NS2/c1-17-18(2)30-27-22-9-7-6-8-19(22)14-23(26(17)27)24-15-20(12-13-29-24)25-11-10-21(31-25)16-28(3,4)5/h6-15H,16H2,1-5H3. The maximum absolute atomic E-state index is 4.82. The minimum atomic E-state index is 0.302. The molecule has 3 heterocycles. The zero-order valence-corrected chi connectivity index (χ0v) is 20.4. The molecule has 3 aromatic heterocycles. The molecule has 0 saturated carbocycles. The van der Waals surface area contributed by atoms with Gasteiger partial charge in [-0.25, -0.2) is 0 Å². The van der Waals surface area contributed by atoms with Crippen molar-refractivity contribution in [3.63, 3.8) is 0 Å². The summed E-state index contributed by atoms with van der Waals surface area (Å²) in [6.45, 7) is 11.4. The highest BCUT2D eigenvalue weighted by molar-refractivity contribution is 7.20. The first-order chi connectivity index (χ1) is 14.8. The van der Waals surface area contributed by atoms with Crippen molar-refractivity contribution in [2.24, 2.45) is 5.41 Å². The van der Waals surface area contributed by atoms with Gasteiger partial charge in [0.2, 0.25) is 0 Å². The third-order valence-electron chi connectivity index (χ3n) is 5.85. The van der Waals surface area contributed by atoms with Crippen LogP contribution in [0.4, 0.5) is 0 Å². The predicted molar refractivity (Wildman–Crippen MR) is 139 cm³/mol. The molecule has 1 nitrogen and oxygen atoms in total. The topological polar surface area (TPSA) is 12.9 Å². The average molecular weight is 442 g/mol. The molecule has 156 valence electrons. The number of rotatable bonds is 3. The Morgan fingerprint density at radius 3 is 2.52 bits per heavy atom. The molecule has 0 bridgehead atoms. The Labute approximate surface area is 192 Å². The predicted octanol–water partition coefficient (Wildman–Crippen LogP) is 9.05. The number of pyridine rings is 1. The number of nitrogens with zero attached hydrogens (tertiary/aromatic N) is 1. The monoisotopic (exact) mass is 441 g/mol. The quantitative estimate of drug-likeness (QED) is 0.272. The fraction of sp³-hybridized carbons (Fsp3) is 0.250. The molecule has 0 atom stereocenters. The molecule has 31 heavy (non-hydrogen) atoms. The van der Waals surface area contributed by atoms with E-state index in [-0.39, 0.29) is 0 Å². The number of hydrogen-bond donors (Lipinski definition) is 0. The minimum absolute atomic E-state index is 0.302. The van der Waals surface area contributed by atoms with Crippen molar-refractivity contribution >= 4 is 43.5 Å². The van der Waals surface area contributed by atoms with Crippen LogP contribution in [0.5, 0.6) is 0 Å². The third kappa shape index (κ3) is 3.81. The summed E-state index contributed by atoms with van der Waals surface area (Å²) in [5, 5.41) is 3.97. The molecule has 0 saturated heterocycles. The second-order valence-electron chi connectivity index (χ2n) is 9.57. The lowest BCUT2D eigenvalue weighted by atomic mass is 9.92. The van der Waals surface area contributed by atoms with Gasteiger partial charge >= 0.3 is 0 Å². The zero-order chi connectivity index (χ0) is 21.8. The fourth-order valence-corrected chi connectivity index (χ4v) is 6.81. The average Bonchev–Trinajstić information content (AvgIpc) is 3.31. The molecule has 5 rings (SSSR count). The van der Waals surface area contributed by atoms with Crippen molar-refractivity contribution in [3.05, 3.63) is 76.1 Å². The maximum atomic E-state index is 4.82. The molecule has 2 aromatic carbocycles. The molecule has 0 aliphatic carbocycles. The van der Waals surface area contributed by atoms with Gasteiger partial charge in [0.1, 0.15) is 0 Å². The first-order valence-electron chi connectivity index (χ1n) is 10.8. The van der Waals surface area contributed by atoms with Crippen LogP contribution in [-0.2, 0) is 6.42 Å². The van der Waals surface area contributed by atoms with Gasteiger partial charge in [-0.15, -0.1) is 22.7 Å². The number of benzene rings is 2. The van der Waals surface area contributed by atoms with E-state index < -0.39 is 0 Å². The molecule has 0 aliphatic heterocycles. The van der Waals surface area contributed by atoms with Gasteiger partial charge in [-0.05, 0) is 77.9 Å². The van der Waals surface area contributed by atoms with E-state index in [1.54, 1.807) is 0 Å². The van der Waals surface area contributed by atoms with Crippen LogP contribution >= 0.6 is 22.7 Å². The highest BCUT2D eigenvalue weighted by atomic mass is 32.1. The molecule has 0 aliphatic rings. The Kier molecular flexibility index (Phi) is 4.99. The third-order valence-corrected chi connectivity index (χ3v) is 8.22. The van der Waals surface area contributed by atoms with E-state index in [1.807, 2.05) is 28.9 Å². The molecular weight excluding hydrogens is 414 g/mol. The number of fused-ring (bicyclic) bond motifs is 3. The first kappa shape index (κ1) is 20.4. The summed E-state index contributed by atoms with van der Waals surface area (Å²) in [7, 11) is 0. The van der Waals surface area contributed by atoms with E-state index >= 15 is 0 Å². The van der Waals surface area contributed by atoms with E-state index in [1.165, 1.54) is 52.2 Å². The second kappa shape index (κ2) is 7.58. The summed E-state index contributed by atoms with van der Waals surface area (Å²) < 4.78 is 1.37. The number of thiophene rings is 2. The highest BCUT2D eigenvalue weighted by Crippen LogP contribution is 2.42. The van der Waals surface area contributed by atoms with Crippen molar-refractivity contribution in [1.29, 1.82) is 0 Å². The largest absolute Gasteiger partial charge is 0.256 e. The van der Waals surface area contributed by atoms with Crippen molar-refractivity contribution in [2.45, 2.75) is 41.0 Å². The molecular formula is C28H27NS2. The van der Waals surface area contributed by atoms with Gasteiger partial charge in [-0.2, -0.15) is 0 Å². The van der Waals surface area contributed by atoms with Crippen LogP contribution in [0, 0.1) is 19.3 Å². The summed E-state index contributed by atoms with van der Waals surface area (Å²) in [4.78, 5) is 8.96. The molecule has 0 radical (unpaired) electrons. The molecule has 3 heteroatoms. The van der Waals surface area contributed by atoms with Crippen LogP contribution in [0.15, 0.2) is 60.8 Å². The molecule has 0 spiro atoms. The minimum Gasteiger partial charge on any atom is -0.256 e. The van der Waals surface area contributed by atoms with Gasteiger partial charge < -0.3 is 0 Å². The van der Waals surface area contributed by atoms with Crippen LogP contribution in [0.1, 0.15) is 36.1 Å².